The number of aryl methyl sites for hydroxylation is 3. The molecule has 0 aliphatic rings. The van der Waals surface area contributed by atoms with E-state index in [4.69, 9.17) is 4.98 Å². The molecule has 114 valence electrons. The third kappa shape index (κ3) is 4.39. The smallest absolute Gasteiger partial charge is 0.0975 e. The molecule has 1 aromatic heterocycles. The molecular weight excluding hydrogens is 276 g/mol. The first-order valence-electron chi connectivity index (χ1n) is 7.88. The van der Waals surface area contributed by atoms with Gasteiger partial charge in [0.15, 0.2) is 0 Å². The molecule has 0 fully saturated rings. The van der Waals surface area contributed by atoms with Crippen molar-refractivity contribution in [2.75, 3.05) is 6.54 Å². The Balaban J connectivity index is 2.10. The average molecular weight is 302 g/mol. The first kappa shape index (κ1) is 16.2. The fourth-order valence-corrected chi connectivity index (χ4v) is 3.55. The molecule has 0 unspecified atom stereocenters. The van der Waals surface area contributed by atoms with Gasteiger partial charge in [0.1, 0.15) is 0 Å². The quantitative estimate of drug-likeness (QED) is 0.766. The van der Waals surface area contributed by atoms with Gasteiger partial charge in [-0.3, -0.25) is 0 Å². The van der Waals surface area contributed by atoms with Crippen molar-refractivity contribution in [1.29, 1.82) is 0 Å². The van der Waals surface area contributed by atoms with Gasteiger partial charge in [-0.2, -0.15) is 0 Å². The summed E-state index contributed by atoms with van der Waals surface area (Å²) >= 11 is 1.87. The zero-order chi connectivity index (χ0) is 15.2. The van der Waals surface area contributed by atoms with E-state index in [9.17, 15) is 0 Å². The number of nitrogens with zero attached hydrogens (tertiary/aromatic N) is 1. The second-order valence-electron chi connectivity index (χ2n) is 5.60. The van der Waals surface area contributed by atoms with Crippen LogP contribution in [0.1, 0.15) is 52.5 Å². The van der Waals surface area contributed by atoms with Crippen LogP contribution >= 0.6 is 11.3 Å². The van der Waals surface area contributed by atoms with E-state index in [0.717, 1.165) is 25.9 Å². The lowest BCUT2D eigenvalue weighted by molar-refractivity contribution is 0.676. The van der Waals surface area contributed by atoms with Gasteiger partial charge in [-0.25, -0.2) is 4.98 Å². The minimum absolute atomic E-state index is 0.951. The molecule has 1 N–H and O–H groups in total. The standard InChI is InChI=1S/C18H26N2S/c1-5-9-19-12-17-16(6-2)20-18(21-17)11-15-8-7-13(3)14(4)10-15/h7-8,10,19H,5-6,9,11-12H2,1-4H3. The van der Waals surface area contributed by atoms with Gasteiger partial charge in [-0.15, -0.1) is 11.3 Å². The van der Waals surface area contributed by atoms with Crippen LogP contribution in [0.3, 0.4) is 0 Å². The van der Waals surface area contributed by atoms with Crippen LogP contribution in [0, 0.1) is 13.8 Å². The van der Waals surface area contributed by atoms with E-state index in [1.54, 1.807) is 0 Å². The lowest BCUT2D eigenvalue weighted by Crippen LogP contribution is -2.13. The molecule has 1 heterocycles. The van der Waals surface area contributed by atoms with Crippen LogP contribution in [0.25, 0.3) is 0 Å². The summed E-state index contributed by atoms with van der Waals surface area (Å²) in [6.07, 6.45) is 3.15. The fourth-order valence-electron chi connectivity index (χ4n) is 2.39. The van der Waals surface area contributed by atoms with Gasteiger partial charge in [-0.05, 0) is 49.9 Å². The molecule has 0 radical (unpaired) electrons. The SMILES string of the molecule is CCCNCc1sc(Cc2ccc(C)c(C)c2)nc1CC. The molecule has 0 amide bonds. The summed E-state index contributed by atoms with van der Waals surface area (Å²) in [5, 5.41) is 4.73. The lowest BCUT2D eigenvalue weighted by atomic mass is 10.0. The number of hydrogen-bond acceptors (Lipinski definition) is 3. The summed E-state index contributed by atoms with van der Waals surface area (Å²) in [6, 6.07) is 6.73. The molecule has 2 nitrogen and oxygen atoms in total. The summed E-state index contributed by atoms with van der Waals surface area (Å²) in [6.45, 7) is 10.8. The number of nitrogens with one attached hydrogen (secondary N) is 1. The van der Waals surface area contributed by atoms with Gasteiger partial charge in [-0.1, -0.05) is 32.0 Å². The minimum atomic E-state index is 0.951. The van der Waals surface area contributed by atoms with Crippen molar-refractivity contribution in [1.82, 2.24) is 10.3 Å². The van der Waals surface area contributed by atoms with Gasteiger partial charge in [0, 0.05) is 17.8 Å². The molecule has 2 rings (SSSR count). The Kier molecular flexibility index (Phi) is 5.95. The molecule has 2 aromatic rings. The number of aromatic nitrogens is 1. The zero-order valence-electron chi connectivity index (χ0n) is 13.6. The van der Waals surface area contributed by atoms with E-state index in [1.165, 1.54) is 38.7 Å². The molecule has 0 saturated carbocycles. The summed E-state index contributed by atoms with van der Waals surface area (Å²) in [7, 11) is 0. The fraction of sp³-hybridized carbons (Fsp3) is 0.500. The maximum absolute atomic E-state index is 4.83. The van der Waals surface area contributed by atoms with E-state index in [1.807, 2.05) is 11.3 Å². The molecule has 3 heteroatoms. The van der Waals surface area contributed by atoms with Gasteiger partial charge in [0.25, 0.3) is 0 Å². The Hall–Kier alpha value is -1.19. The maximum atomic E-state index is 4.83. The van der Waals surface area contributed by atoms with Crippen molar-refractivity contribution in [3.05, 3.63) is 50.5 Å². The van der Waals surface area contributed by atoms with Gasteiger partial charge in [0.05, 0.1) is 10.7 Å². The van der Waals surface area contributed by atoms with Crippen LogP contribution in [0.5, 0.6) is 0 Å². The van der Waals surface area contributed by atoms with Crippen molar-refractivity contribution in [3.63, 3.8) is 0 Å². The first-order valence-corrected chi connectivity index (χ1v) is 8.70. The normalized spacial score (nSPS) is 11.0. The van der Waals surface area contributed by atoms with Crippen molar-refractivity contribution < 1.29 is 0 Å². The molecule has 0 bridgehead atoms. The Labute approximate surface area is 132 Å². The molecule has 0 spiro atoms. The molecular formula is C18H26N2S. The van der Waals surface area contributed by atoms with E-state index < -0.39 is 0 Å². The Bertz CT molecular complexity index is 587. The van der Waals surface area contributed by atoms with Crippen LogP contribution in [-0.4, -0.2) is 11.5 Å². The molecule has 0 aliphatic heterocycles. The molecule has 21 heavy (non-hydrogen) atoms. The predicted octanol–water partition coefficient (Wildman–Crippen LogP) is 4.41. The number of benzene rings is 1. The molecule has 0 aliphatic carbocycles. The monoisotopic (exact) mass is 302 g/mol. The summed E-state index contributed by atoms with van der Waals surface area (Å²) < 4.78 is 0. The topological polar surface area (TPSA) is 24.9 Å². The second kappa shape index (κ2) is 7.71. The lowest BCUT2D eigenvalue weighted by Gasteiger charge is -2.03. The number of hydrogen-bond donors (Lipinski definition) is 1. The third-order valence-electron chi connectivity index (χ3n) is 3.80. The largest absolute Gasteiger partial charge is 0.312 e. The van der Waals surface area contributed by atoms with E-state index in [0.29, 0.717) is 0 Å². The van der Waals surface area contributed by atoms with Crippen LogP contribution < -0.4 is 5.32 Å². The number of rotatable bonds is 7. The zero-order valence-corrected chi connectivity index (χ0v) is 14.4. The van der Waals surface area contributed by atoms with Crippen molar-refractivity contribution >= 4 is 11.3 Å². The molecule has 0 saturated heterocycles. The third-order valence-corrected chi connectivity index (χ3v) is 4.89. The van der Waals surface area contributed by atoms with Crippen LogP contribution in [-0.2, 0) is 19.4 Å². The Morgan fingerprint density at radius 3 is 2.62 bits per heavy atom. The highest BCUT2D eigenvalue weighted by Gasteiger charge is 2.10. The highest BCUT2D eigenvalue weighted by Crippen LogP contribution is 2.22. The van der Waals surface area contributed by atoms with Gasteiger partial charge in [0.2, 0.25) is 0 Å². The van der Waals surface area contributed by atoms with E-state index in [-0.39, 0.29) is 0 Å². The summed E-state index contributed by atoms with van der Waals surface area (Å²) in [5.74, 6) is 0. The van der Waals surface area contributed by atoms with Crippen LogP contribution in [0.15, 0.2) is 18.2 Å². The van der Waals surface area contributed by atoms with Gasteiger partial charge < -0.3 is 5.32 Å². The predicted molar refractivity (Wildman–Crippen MR) is 92.2 cm³/mol. The summed E-state index contributed by atoms with van der Waals surface area (Å²) in [4.78, 5) is 6.24. The van der Waals surface area contributed by atoms with Crippen LogP contribution in [0.2, 0.25) is 0 Å². The minimum Gasteiger partial charge on any atom is -0.312 e. The highest BCUT2D eigenvalue weighted by atomic mass is 32.1. The highest BCUT2D eigenvalue weighted by molar-refractivity contribution is 7.11. The van der Waals surface area contributed by atoms with E-state index in [2.05, 4.69) is 51.2 Å². The first-order chi connectivity index (χ1) is 10.1. The average Bonchev–Trinajstić information content (AvgIpc) is 2.85. The molecule has 0 atom stereocenters. The Morgan fingerprint density at radius 2 is 1.95 bits per heavy atom. The van der Waals surface area contributed by atoms with Crippen molar-refractivity contribution in [3.8, 4) is 0 Å². The maximum Gasteiger partial charge on any atom is 0.0975 e. The van der Waals surface area contributed by atoms with Crippen LogP contribution in [0.4, 0.5) is 0 Å². The van der Waals surface area contributed by atoms with Crippen molar-refractivity contribution in [2.24, 2.45) is 0 Å². The second-order valence-corrected chi connectivity index (χ2v) is 6.77. The molecule has 1 aromatic carbocycles. The van der Waals surface area contributed by atoms with Crippen molar-refractivity contribution in [2.45, 2.75) is 53.5 Å². The Morgan fingerprint density at radius 1 is 1.14 bits per heavy atom. The van der Waals surface area contributed by atoms with Gasteiger partial charge >= 0.3 is 0 Å². The number of thiazole rings is 1. The van der Waals surface area contributed by atoms with E-state index >= 15 is 0 Å². The summed E-state index contributed by atoms with van der Waals surface area (Å²) in [5.41, 5.74) is 5.35.